The Balaban J connectivity index is 1.43. The van der Waals surface area contributed by atoms with E-state index in [9.17, 15) is 4.79 Å². The molecule has 1 N–H and O–H groups in total. The number of allylic oxidation sites excluding steroid dienone is 1. The Hall–Kier alpha value is -1.25. The second-order valence-electron chi connectivity index (χ2n) is 8.45. The van der Waals surface area contributed by atoms with E-state index in [0.717, 1.165) is 31.6 Å². The van der Waals surface area contributed by atoms with E-state index in [0.29, 0.717) is 11.8 Å². The molecular formula is C24H41NO2. The first kappa shape index (κ1) is 22.0. The zero-order valence-electron chi connectivity index (χ0n) is 17.7. The zero-order chi connectivity index (χ0) is 19.3. The molecule has 1 aliphatic heterocycles. The lowest BCUT2D eigenvalue weighted by molar-refractivity contribution is -0.118. The monoisotopic (exact) mass is 375 g/mol. The molecule has 0 radical (unpaired) electrons. The average molecular weight is 376 g/mol. The van der Waals surface area contributed by atoms with Crippen LogP contribution < -0.4 is 5.32 Å². The van der Waals surface area contributed by atoms with Gasteiger partial charge in [0.15, 0.2) is 0 Å². The molecule has 0 bridgehead atoms. The molecule has 0 unspecified atom stereocenters. The standard InChI is InChI=1S/C24H41NO2/c1-3-4-5-6-7-8-9-10-11-12-13-14-17-25-24(26)23-19-27-18-22-20(2)15-16-21(22)23/h15,19,21-22H,3-14,16-18H2,1-2H3,(H,25,26)/t21-,22+/m0/s1. The Labute approximate surface area is 167 Å². The maximum Gasteiger partial charge on any atom is 0.250 e. The fourth-order valence-electron chi connectivity index (χ4n) is 4.36. The van der Waals surface area contributed by atoms with Crippen molar-refractivity contribution in [3.8, 4) is 0 Å². The van der Waals surface area contributed by atoms with E-state index < -0.39 is 0 Å². The van der Waals surface area contributed by atoms with Gasteiger partial charge in [0.05, 0.1) is 18.4 Å². The van der Waals surface area contributed by atoms with Crippen LogP contribution in [0.15, 0.2) is 23.5 Å². The van der Waals surface area contributed by atoms with Gasteiger partial charge < -0.3 is 10.1 Å². The van der Waals surface area contributed by atoms with Crippen LogP contribution in [-0.4, -0.2) is 19.1 Å². The molecule has 0 saturated carbocycles. The molecule has 0 aromatic carbocycles. The number of nitrogens with one attached hydrogen (secondary N) is 1. The molecule has 3 nitrogen and oxygen atoms in total. The van der Waals surface area contributed by atoms with Crippen LogP contribution in [0.4, 0.5) is 0 Å². The van der Waals surface area contributed by atoms with Crippen molar-refractivity contribution in [3.05, 3.63) is 23.5 Å². The van der Waals surface area contributed by atoms with Crippen molar-refractivity contribution in [1.29, 1.82) is 0 Å². The van der Waals surface area contributed by atoms with Crippen molar-refractivity contribution in [3.63, 3.8) is 0 Å². The van der Waals surface area contributed by atoms with E-state index in [2.05, 4.69) is 25.2 Å². The van der Waals surface area contributed by atoms with Gasteiger partial charge in [-0.2, -0.15) is 0 Å². The van der Waals surface area contributed by atoms with Crippen LogP contribution in [0.1, 0.15) is 97.3 Å². The van der Waals surface area contributed by atoms with Gasteiger partial charge in [0.2, 0.25) is 0 Å². The predicted octanol–water partition coefficient (Wildman–Crippen LogP) is 6.30. The number of hydrogen-bond donors (Lipinski definition) is 1. The molecule has 0 aromatic heterocycles. The molecule has 2 aliphatic rings. The molecule has 27 heavy (non-hydrogen) atoms. The summed E-state index contributed by atoms with van der Waals surface area (Å²) < 4.78 is 5.54. The number of amides is 1. The van der Waals surface area contributed by atoms with E-state index >= 15 is 0 Å². The third kappa shape index (κ3) is 7.71. The molecule has 1 aliphatic carbocycles. The maximum absolute atomic E-state index is 12.5. The summed E-state index contributed by atoms with van der Waals surface area (Å²) in [5.74, 6) is 0.819. The molecule has 2 atom stereocenters. The molecular weight excluding hydrogens is 334 g/mol. The Morgan fingerprint density at radius 2 is 1.56 bits per heavy atom. The highest BCUT2D eigenvalue weighted by molar-refractivity contribution is 5.94. The van der Waals surface area contributed by atoms with E-state index in [-0.39, 0.29) is 5.91 Å². The van der Waals surface area contributed by atoms with Gasteiger partial charge in [-0.25, -0.2) is 0 Å². The van der Waals surface area contributed by atoms with Crippen molar-refractivity contribution in [1.82, 2.24) is 5.32 Å². The van der Waals surface area contributed by atoms with Crippen LogP contribution in [0.25, 0.3) is 0 Å². The number of unbranched alkanes of at least 4 members (excludes halogenated alkanes) is 11. The number of carbonyl (C=O) groups is 1. The fourth-order valence-corrected chi connectivity index (χ4v) is 4.36. The van der Waals surface area contributed by atoms with Gasteiger partial charge in [-0.1, -0.05) is 89.2 Å². The Kier molecular flexibility index (Phi) is 10.6. The highest BCUT2D eigenvalue weighted by atomic mass is 16.5. The Bertz CT molecular complexity index is 495. The second kappa shape index (κ2) is 13.0. The maximum atomic E-state index is 12.5. The smallest absolute Gasteiger partial charge is 0.250 e. The van der Waals surface area contributed by atoms with Crippen LogP contribution in [0.3, 0.4) is 0 Å². The first-order chi connectivity index (χ1) is 13.2. The molecule has 0 fully saturated rings. The van der Waals surface area contributed by atoms with Crippen molar-refractivity contribution in [2.75, 3.05) is 13.2 Å². The first-order valence-electron chi connectivity index (χ1n) is 11.5. The topological polar surface area (TPSA) is 38.3 Å². The Morgan fingerprint density at radius 3 is 2.19 bits per heavy atom. The number of rotatable bonds is 14. The lowest BCUT2D eigenvalue weighted by Gasteiger charge is -2.27. The van der Waals surface area contributed by atoms with Gasteiger partial charge in [-0.3, -0.25) is 4.79 Å². The Morgan fingerprint density at radius 1 is 0.963 bits per heavy atom. The predicted molar refractivity (Wildman–Crippen MR) is 113 cm³/mol. The van der Waals surface area contributed by atoms with Crippen LogP contribution in [0, 0.1) is 11.8 Å². The van der Waals surface area contributed by atoms with Crippen LogP contribution in [-0.2, 0) is 9.53 Å². The van der Waals surface area contributed by atoms with Crippen molar-refractivity contribution in [2.45, 2.75) is 97.3 Å². The fraction of sp³-hybridized carbons (Fsp3) is 0.792. The van der Waals surface area contributed by atoms with Gasteiger partial charge >= 0.3 is 0 Å². The number of ether oxygens (including phenoxy) is 1. The van der Waals surface area contributed by atoms with Crippen LogP contribution in [0.5, 0.6) is 0 Å². The summed E-state index contributed by atoms with van der Waals surface area (Å²) in [4.78, 5) is 12.5. The van der Waals surface area contributed by atoms with E-state index in [4.69, 9.17) is 4.74 Å². The molecule has 2 rings (SSSR count). The molecule has 1 heterocycles. The van der Waals surface area contributed by atoms with Crippen LogP contribution >= 0.6 is 0 Å². The highest BCUT2D eigenvalue weighted by Crippen LogP contribution is 2.39. The molecule has 0 aromatic rings. The van der Waals surface area contributed by atoms with Crippen molar-refractivity contribution in [2.24, 2.45) is 11.8 Å². The lowest BCUT2D eigenvalue weighted by atomic mass is 9.85. The summed E-state index contributed by atoms with van der Waals surface area (Å²) >= 11 is 0. The lowest BCUT2D eigenvalue weighted by Crippen LogP contribution is -2.34. The second-order valence-corrected chi connectivity index (χ2v) is 8.45. The minimum atomic E-state index is 0.0795. The third-order valence-corrected chi connectivity index (χ3v) is 6.23. The van der Waals surface area contributed by atoms with Gasteiger partial charge in [0, 0.05) is 18.4 Å². The molecule has 3 heteroatoms. The number of fused-ring (bicyclic) bond motifs is 1. The quantitative estimate of drug-likeness (QED) is 0.286. The van der Waals surface area contributed by atoms with E-state index in [1.54, 1.807) is 6.26 Å². The summed E-state index contributed by atoms with van der Waals surface area (Å²) in [6, 6.07) is 0. The highest BCUT2D eigenvalue weighted by Gasteiger charge is 2.36. The molecule has 1 amide bonds. The molecule has 0 saturated heterocycles. The van der Waals surface area contributed by atoms with E-state index in [1.165, 1.54) is 76.2 Å². The number of hydrogen-bond acceptors (Lipinski definition) is 2. The van der Waals surface area contributed by atoms with Gasteiger partial charge in [0.25, 0.3) is 5.91 Å². The van der Waals surface area contributed by atoms with Gasteiger partial charge in [0.1, 0.15) is 0 Å². The summed E-state index contributed by atoms with van der Waals surface area (Å²) in [5.41, 5.74) is 2.22. The minimum Gasteiger partial charge on any atom is -0.500 e. The van der Waals surface area contributed by atoms with Crippen LogP contribution in [0.2, 0.25) is 0 Å². The molecule has 0 spiro atoms. The minimum absolute atomic E-state index is 0.0795. The van der Waals surface area contributed by atoms with E-state index in [1.807, 2.05) is 0 Å². The normalized spacial score (nSPS) is 21.3. The average Bonchev–Trinajstić information content (AvgIpc) is 3.06. The summed E-state index contributed by atoms with van der Waals surface area (Å²) in [6.45, 7) is 5.94. The van der Waals surface area contributed by atoms with Gasteiger partial charge in [-0.15, -0.1) is 0 Å². The first-order valence-corrected chi connectivity index (χ1v) is 11.5. The van der Waals surface area contributed by atoms with Crippen molar-refractivity contribution < 1.29 is 9.53 Å². The van der Waals surface area contributed by atoms with Crippen molar-refractivity contribution >= 4 is 5.91 Å². The van der Waals surface area contributed by atoms with Gasteiger partial charge in [-0.05, 0) is 19.8 Å². The summed E-state index contributed by atoms with van der Waals surface area (Å²) in [5, 5.41) is 3.10. The number of carbonyl (C=O) groups excluding carboxylic acids is 1. The summed E-state index contributed by atoms with van der Waals surface area (Å²) in [6.07, 6.45) is 21.1. The zero-order valence-corrected chi connectivity index (χ0v) is 17.7. The largest absolute Gasteiger partial charge is 0.500 e. The SMILES string of the molecule is CCCCCCCCCCCCCCNC(=O)C1=COC[C@@H]2C(C)=CC[C@H]12. The molecule has 154 valence electrons. The third-order valence-electron chi connectivity index (χ3n) is 6.23. The summed E-state index contributed by atoms with van der Waals surface area (Å²) in [7, 11) is 0.